The van der Waals surface area contributed by atoms with Crippen LogP contribution < -0.4 is 24.7 Å². The summed E-state index contributed by atoms with van der Waals surface area (Å²) in [4.78, 5) is 77.4. The van der Waals surface area contributed by atoms with Crippen LogP contribution in [0.2, 0.25) is 0 Å². The van der Waals surface area contributed by atoms with Gasteiger partial charge in [-0.15, -0.1) is 0 Å². The summed E-state index contributed by atoms with van der Waals surface area (Å²) in [5, 5.41) is 10.9. The SMILES string of the molecule is CC(C)(C)OC(=O)n1cc(B2OC(C)(C)C(C)(C)O2)cn1.COc1cccc(CN2C(=O)N(c3ccc(-c4cn[nH]c4)cc3)CC23CCN(C(=O)C2CCC(F)(F)CC2)CC3)c1.COc1cccc(CN2C(=O)N(c3ccc(Br)cc3)CC23CCN(C(=O)C2CCC(F)(F)CC2)CC3)c1. The minimum Gasteiger partial charge on any atom is -0.497 e. The Balaban J connectivity index is 0.000000158. The molecule has 7 heterocycles. The number of nitrogens with zero attached hydrogens (tertiary/aromatic N) is 9. The van der Waals surface area contributed by atoms with E-state index < -0.39 is 52.9 Å². The number of H-pyrrole nitrogens is 1. The number of amides is 6. The average Bonchev–Trinajstić information content (AvgIpc) is 1.61. The number of methoxy groups -OCH3 is 2. The van der Waals surface area contributed by atoms with Crippen LogP contribution in [0.5, 0.6) is 11.5 Å². The molecule has 20 nitrogen and oxygen atoms in total. The largest absolute Gasteiger partial charge is 0.498 e. The lowest BCUT2D eigenvalue weighted by atomic mass is 9.82. The van der Waals surface area contributed by atoms with E-state index in [0.29, 0.717) is 83.5 Å². The molecule has 0 radical (unpaired) electrons. The highest BCUT2D eigenvalue weighted by molar-refractivity contribution is 9.10. The molecular formula is C73H90BBrF4N10O10. The first-order valence-corrected chi connectivity index (χ1v) is 34.9. The maximum Gasteiger partial charge on any atom is 0.498 e. The molecule has 4 aromatic carbocycles. The van der Waals surface area contributed by atoms with E-state index in [1.807, 2.05) is 181 Å². The number of piperidine rings is 2. The fraction of sp³-hybridized carbons (Fsp3) is 0.521. The van der Waals surface area contributed by atoms with Gasteiger partial charge in [-0.05, 0) is 177 Å². The highest BCUT2D eigenvalue weighted by Crippen LogP contribution is 2.45. The summed E-state index contributed by atoms with van der Waals surface area (Å²) in [6.07, 6.45) is 8.81. The van der Waals surface area contributed by atoms with Crippen LogP contribution in [0.4, 0.5) is 43.3 Å². The molecule has 2 saturated carbocycles. The van der Waals surface area contributed by atoms with E-state index >= 15 is 0 Å². The molecule has 5 aliphatic heterocycles. The van der Waals surface area contributed by atoms with Crippen molar-refractivity contribution >= 4 is 69.9 Å². The van der Waals surface area contributed by atoms with E-state index in [2.05, 4.69) is 31.2 Å². The maximum absolute atomic E-state index is 14.0. The fourth-order valence-corrected chi connectivity index (χ4v) is 14.6. The Hall–Kier alpha value is -7.97. The number of hydrogen-bond acceptors (Lipinski definition) is 12. The maximum atomic E-state index is 14.0. The van der Waals surface area contributed by atoms with E-state index in [1.165, 1.54) is 0 Å². The van der Waals surface area contributed by atoms with Crippen LogP contribution in [0.25, 0.3) is 11.1 Å². The summed E-state index contributed by atoms with van der Waals surface area (Å²) in [5.74, 6) is -4.55. The molecule has 99 heavy (non-hydrogen) atoms. The Kier molecular flexibility index (Phi) is 21.1. The van der Waals surface area contributed by atoms with Gasteiger partial charge in [0, 0.05) is 122 Å². The topological polar surface area (TPSA) is 197 Å². The zero-order valence-corrected chi connectivity index (χ0v) is 59.5. The molecule has 2 aliphatic carbocycles. The Morgan fingerprint density at radius 2 is 1.05 bits per heavy atom. The van der Waals surface area contributed by atoms with Gasteiger partial charge >= 0.3 is 25.3 Å². The number of nitrogens with one attached hydrogen (secondary N) is 1. The first kappa shape index (κ1) is 72.3. The molecule has 0 atom stereocenters. The zero-order valence-electron chi connectivity index (χ0n) is 57.9. The van der Waals surface area contributed by atoms with Crippen molar-refractivity contribution in [3.8, 4) is 22.6 Å². The third kappa shape index (κ3) is 16.4. The zero-order chi connectivity index (χ0) is 70.9. The summed E-state index contributed by atoms with van der Waals surface area (Å²) < 4.78 is 84.6. The third-order valence-corrected chi connectivity index (χ3v) is 21.5. The standard InChI is InChI=1S/C31H35F2N5O3.C28H32BrF2N3O3.C14H23BN2O4/c1-41-27-4-2-3-22(17-27)20-38-29(40)37(26-7-5-23(6-8-26)25-18-34-35-19-25)21-30(38)13-15-36(16-14-30)28(39)24-9-11-31(32,33)12-10-24;1-37-24-4-2-3-20(17-24)18-34-26(36)33(23-7-5-22(29)6-8-23)19-27(34)13-15-32(16-14-27)25(35)21-9-11-28(30,31)12-10-21;1-12(2,3)19-11(18)17-9-10(8-16-17)15-20-13(4,5)14(6,7)21-15/h2-8,17-19,24H,9-16,20-21H2,1H3,(H,34,35);2-8,17,21H,9-16,18-19H2,1H3;8-9H,1-7H3. The predicted octanol–water partition coefficient (Wildman–Crippen LogP) is 13.8. The number of aromatic nitrogens is 4. The Bertz CT molecular complexity index is 3800. The number of aromatic amines is 1. The highest BCUT2D eigenvalue weighted by Gasteiger charge is 2.55. The molecule has 0 bridgehead atoms. The van der Waals surface area contributed by atoms with Gasteiger partial charge in [-0.1, -0.05) is 52.3 Å². The number of alkyl halides is 4. The molecule has 6 amide bonds. The van der Waals surface area contributed by atoms with Gasteiger partial charge in [-0.25, -0.2) is 31.9 Å². The first-order chi connectivity index (χ1) is 46.9. The number of carbonyl (C=O) groups excluding carboxylic acids is 5. The molecule has 5 saturated heterocycles. The normalized spacial score (nSPS) is 20.9. The smallest absolute Gasteiger partial charge is 0.497 e. The second kappa shape index (κ2) is 28.9. The van der Waals surface area contributed by atoms with Gasteiger partial charge in [-0.2, -0.15) is 14.9 Å². The summed E-state index contributed by atoms with van der Waals surface area (Å²) in [5.41, 5.74) is 3.97. The third-order valence-electron chi connectivity index (χ3n) is 20.9. The van der Waals surface area contributed by atoms with Crippen molar-refractivity contribution in [1.82, 2.24) is 39.6 Å². The monoisotopic (exact) mass is 1430 g/mol. The van der Waals surface area contributed by atoms with Crippen LogP contribution in [0.15, 0.2) is 126 Å². The van der Waals surface area contributed by atoms with Gasteiger partial charge in [0.1, 0.15) is 17.1 Å². The van der Waals surface area contributed by atoms with Crippen LogP contribution in [0.3, 0.4) is 0 Å². The molecule has 1 N–H and O–H groups in total. The number of ether oxygens (including phenoxy) is 3. The molecule has 26 heteroatoms. The van der Waals surface area contributed by atoms with Gasteiger partial charge < -0.3 is 43.1 Å². The van der Waals surface area contributed by atoms with Gasteiger partial charge in [0.15, 0.2) is 0 Å². The summed E-state index contributed by atoms with van der Waals surface area (Å²) in [7, 11) is 2.71. The van der Waals surface area contributed by atoms with Crippen molar-refractivity contribution in [2.45, 2.75) is 178 Å². The van der Waals surface area contributed by atoms with E-state index in [-0.39, 0.29) is 87.1 Å². The van der Waals surface area contributed by atoms with E-state index in [0.717, 1.165) is 54.3 Å². The predicted molar refractivity (Wildman–Crippen MR) is 371 cm³/mol. The van der Waals surface area contributed by atoms with Gasteiger partial charge in [0.25, 0.3) is 0 Å². The summed E-state index contributed by atoms with van der Waals surface area (Å²) in [6.45, 7) is 17.3. The van der Waals surface area contributed by atoms with Crippen molar-refractivity contribution in [3.63, 3.8) is 0 Å². The summed E-state index contributed by atoms with van der Waals surface area (Å²) in [6, 6.07) is 30.9. The Morgan fingerprint density at radius 3 is 1.45 bits per heavy atom. The lowest BCUT2D eigenvalue weighted by Crippen LogP contribution is -2.56. The fourth-order valence-electron chi connectivity index (χ4n) is 14.3. The van der Waals surface area contributed by atoms with Gasteiger partial charge in [0.2, 0.25) is 23.7 Å². The van der Waals surface area contributed by atoms with Gasteiger partial charge in [-0.3, -0.25) is 24.5 Å². The molecule has 2 aromatic heterocycles. The summed E-state index contributed by atoms with van der Waals surface area (Å²) >= 11 is 3.46. The second-order valence-corrected chi connectivity index (χ2v) is 30.2. The molecule has 2 spiro atoms. The van der Waals surface area contributed by atoms with Crippen LogP contribution >= 0.6 is 15.9 Å². The molecule has 7 fully saturated rings. The van der Waals surface area contributed by atoms with Crippen LogP contribution in [-0.2, 0) is 36.7 Å². The van der Waals surface area contributed by atoms with E-state index in [9.17, 15) is 41.5 Å². The first-order valence-electron chi connectivity index (χ1n) is 34.1. The number of carbonyl (C=O) groups is 5. The number of likely N-dealkylation sites (tertiary alicyclic amines) is 2. The van der Waals surface area contributed by atoms with E-state index in [1.54, 1.807) is 32.8 Å². The Labute approximate surface area is 585 Å². The van der Waals surface area contributed by atoms with Crippen molar-refractivity contribution in [3.05, 3.63) is 137 Å². The Morgan fingerprint density at radius 1 is 0.616 bits per heavy atom. The number of rotatable bonds is 12. The lowest BCUT2D eigenvalue weighted by molar-refractivity contribution is -0.142. The minimum absolute atomic E-state index is 0.0150. The molecular weight excluding hydrogens is 1340 g/mol. The number of benzene rings is 4. The van der Waals surface area contributed by atoms with Crippen molar-refractivity contribution in [2.24, 2.45) is 11.8 Å². The van der Waals surface area contributed by atoms with Crippen molar-refractivity contribution in [1.29, 1.82) is 0 Å². The second-order valence-electron chi connectivity index (χ2n) is 29.3. The lowest BCUT2D eigenvalue weighted by Gasteiger charge is -2.44. The van der Waals surface area contributed by atoms with Crippen molar-refractivity contribution in [2.75, 3.05) is 63.3 Å². The number of halogens is 5. The van der Waals surface area contributed by atoms with Gasteiger partial charge in [0.05, 0.1) is 55.8 Å². The quantitative estimate of drug-likeness (QED) is 0.0900. The van der Waals surface area contributed by atoms with Crippen LogP contribution in [0.1, 0.15) is 137 Å². The molecule has 530 valence electrons. The highest BCUT2D eigenvalue weighted by atomic mass is 79.9. The minimum atomic E-state index is -2.66. The number of urea groups is 2. The molecule has 0 unspecified atom stereocenters. The van der Waals surface area contributed by atoms with Crippen LogP contribution in [0, 0.1) is 11.8 Å². The van der Waals surface area contributed by atoms with Crippen LogP contribution in [-0.4, -0.2) is 170 Å². The molecule has 7 aliphatic rings. The van der Waals surface area contributed by atoms with E-state index in [4.69, 9.17) is 23.5 Å². The number of hydrogen-bond donors (Lipinski definition) is 1. The molecule has 13 rings (SSSR count). The molecule has 6 aromatic rings. The van der Waals surface area contributed by atoms with Crippen molar-refractivity contribution < 1.29 is 65.1 Å². The average molecular weight is 1430 g/mol. The number of anilines is 2.